The highest BCUT2D eigenvalue weighted by atomic mass is 16.3. The van der Waals surface area contributed by atoms with Crippen molar-refractivity contribution in [3.05, 3.63) is 35.5 Å². The van der Waals surface area contributed by atoms with Gasteiger partial charge in [0.15, 0.2) is 0 Å². The van der Waals surface area contributed by atoms with Gasteiger partial charge < -0.3 is 10.1 Å². The third kappa shape index (κ3) is 2.03. The summed E-state index contributed by atoms with van der Waals surface area (Å²) in [5.41, 5.74) is 4.30. The van der Waals surface area contributed by atoms with Crippen LogP contribution < -0.4 is 0 Å². The summed E-state index contributed by atoms with van der Waals surface area (Å²) < 4.78 is 0. The highest BCUT2D eigenvalue weighted by Gasteiger charge is 2.45. The molecule has 0 spiro atoms. The Hall–Kier alpha value is -1.32. The number of H-pyrrole nitrogens is 1. The van der Waals surface area contributed by atoms with Crippen molar-refractivity contribution in [1.29, 1.82) is 0 Å². The van der Waals surface area contributed by atoms with Gasteiger partial charge in [-0.15, -0.1) is 0 Å². The van der Waals surface area contributed by atoms with Crippen molar-refractivity contribution in [3.8, 4) is 0 Å². The number of hydrogen-bond donors (Lipinski definition) is 2. The molecule has 0 amide bonds. The van der Waals surface area contributed by atoms with Crippen molar-refractivity contribution in [2.24, 2.45) is 17.8 Å². The summed E-state index contributed by atoms with van der Waals surface area (Å²) >= 11 is 0. The van der Waals surface area contributed by atoms with E-state index in [1.807, 2.05) is 0 Å². The van der Waals surface area contributed by atoms with E-state index in [1.165, 1.54) is 48.9 Å². The Morgan fingerprint density at radius 3 is 3.00 bits per heavy atom. The number of aliphatic hydroxyl groups excluding tert-OH is 1. The van der Waals surface area contributed by atoms with Gasteiger partial charge in [0, 0.05) is 29.7 Å². The van der Waals surface area contributed by atoms with Crippen molar-refractivity contribution < 1.29 is 5.11 Å². The minimum absolute atomic E-state index is 0.0893. The zero-order valence-electron chi connectivity index (χ0n) is 13.8. The van der Waals surface area contributed by atoms with Gasteiger partial charge in [0.05, 0.1) is 12.1 Å². The number of nitrogens with one attached hydrogen (secondary N) is 1. The van der Waals surface area contributed by atoms with Crippen LogP contribution in [0.15, 0.2) is 24.3 Å². The van der Waals surface area contributed by atoms with Gasteiger partial charge in [-0.3, -0.25) is 4.90 Å². The van der Waals surface area contributed by atoms with Gasteiger partial charge in [-0.05, 0) is 55.1 Å². The van der Waals surface area contributed by atoms with Crippen molar-refractivity contribution in [2.75, 3.05) is 13.1 Å². The van der Waals surface area contributed by atoms with Gasteiger partial charge in [0.25, 0.3) is 0 Å². The second-order valence-electron chi connectivity index (χ2n) is 7.99. The molecule has 2 aromatic rings. The van der Waals surface area contributed by atoms with Gasteiger partial charge in [-0.2, -0.15) is 0 Å². The molecular weight excluding hydrogens is 284 g/mol. The number of benzene rings is 1. The molecule has 1 aromatic carbocycles. The molecule has 122 valence electrons. The Kier molecular flexibility index (Phi) is 3.11. The number of aromatic amines is 1. The summed E-state index contributed by atoms with van der Waals surface area (Å²) in [4.78, 5) is 6.44. The topological polar surface area (TPSA) is 39.3 Å². The molecule has 2 aliphatic heterocycles. The van der Waals surface area contributed by atoms with Gasteiger partial charge in [0.2, 0.25) is 0 Å². The highest BCUT2D eigenvalue weighted by molar-refractivity contribution is 5.85. The second-order valence-corrected chi connectivity index (χ2v) is 7.99. The lowest BCUT2D eigenvalue weighted by Gasteiger charge is -2.51. The predicted molar refractivity (Wildman–Crippen MR) is 92.3 cm³/mol. The highest BCUT2D eigenvalue weighted by Crippen LogP contribution is 2.48. The average molecular weight is 310 g/mol. The summed E-state index contributed by atoms with van der Waals surface area (Å²) in [5.74, 6) is 1.92. The van der Waals surface area contributed by atoms with Gasteiger partial charge >= 0.3 is 0 Å². The number of fused-ring (bicyclic) bond motifs is 6. The zero-order valence-corrected chi connectivity index (χ0v) is 13.8. The monoisotopic (exact) mass is 310 g/mol. The molecule has 2 N–H and O–H groups in total. The molecule has 3 heterocycles. The summed E-state index contributed by atoms with van der Waals surface area (Å²) in [5, 5.41) is 11.7. The number of nitrogens with zero attached hydrogens (tertiary/aromatic N) is 1. The smallest absolute Gasteiger partial charge is 0.0568 e. The van der Waals surface area contributed by atoms with E-state index in [9.17, 15) is 5.11 Å². The number of para-hydroxylation sites is 1. The summed E-state index contributed by atoms with van der Waals surface area (Å²) in [7, 11) is 0. The Labute approximate surface area is 137 Å². The molecule has 3 aliphatic rings. The molecule has 5 rings (SSSR count). The van der Waals surface area contributed by atoms with Crippen molar-refractivity contribution >= 4 is 10.9 Å². The SMILES string of the molecule is C[C@H]1[C@@H](O)CCC2CN3CCc4c([nH]c5ccccc45)C3C[C@@H]21. The number of rotatable bonds is 0. The van der Waals surface area contributed by atoms with E-state index in [0.717, 1.165) is 12.3 Å². The van der Waals surface area contributed by atoms with E-state index in [2.05, 4.69) is 41.1 Å². The summed E-state index contributed by atoms with van der Waals surface area (Å²) in [6.45, 7) is 4.69. The standard InChI is InChI=1S/C20H26N2O/c1-12-16-10-18-20-15(14-4-2-3-5-17(14)21-20)8-9-22(18)11-13(16)6-7-19(12)23/h2-5,12-13,16,18-19,21,23H,6-11H2,1H3/t12-,13?,16-,18?,19+/m1/s1. The van der Waals surface area contributed by atoms with Crippen molar-refractivity contribution in [2.45, 2.75) is 44.8 Å². The Balaban J connectivity index is 1.54. The van der Waals surface area contributed by atoms with Gasteiger partial charge in [0.1, 0.15) is 0 Å². The van der Waals surface area contributed by atoms with Crippen LogP contribution in [0.1, 0.15) is 43.5 Å². The molecule has 2 unspecified atom stereocenters. The number of hydrogen-bond acceptors (Lipinski definition) is 2. The maximum absolute atomic E-state index is 10.3. The number of piperidine rings is 1. The minimum atomic E-state index is -0.0893. The molecule has 0 radical (unpaired) electrons. The van der Waals surface area contributed by atoms with Gasteiger partial charge in [-0.25, -0.2) is 0 Å². The molecule has 1 aliphatic carbocycles. The third-order valence-electron chi connectivity index (χ3n) is 6.96. The average Bonchev–Trinajstić information content (AvgIpc) is 2.96. The molecular formula is C20H26N2O. The number of aliphatic hydroxyl groups is 1. The summed E-state index contributed by atoms with van der Waals surface area (Å²) in [6, 6.07) is 9.27. The van der Waals surface area contributed by atoms with Crippen LogP contribution in [-0.4, -0.2) is 34.2 Å². The molecule has 3 nitrogen and oxygen atoms in total. The molecule has 1 saturated carbocycles. The van der Waals surface area contributed by atoms with E-state index in [0.29, 0.717) is 17.9 Å². The first-order valence-electron chi connectivity index (χ1n) is 9.24. The van der Waals surface area contributed by atoms with Crippen LogP contribution in [0.5, 0.6) is 0 Å². The maximum atomic E-state index is 10.3. The van der Waals surface area contributed by atoms with Crippen LogP contribution in [-0.2, 0) is 6.42 Å². The summed E-state index contributed by atoms with van der Waals surface area (Å²) in [6.07, 6.45) is 4.50. The Bertz CT molecular complexity index is 736. The first-order valence-corrected chi connectivity index (χ1v) is 9.24. The van der Waals surface area contributed by atoms with Crippen molar-refractivity contribution in [1.82, 2.24) is 9.88 Å². The fourth-order valence-corrected chi connectivity index (χ4v) is 5.62. The normalized spacial score (nSPS) is 37.2. The van der Waals surface area contributed by atoms with Gasteiger partial charge in [-0.1, -0.05) is 25.1 Å². The maximum Gasteiger partial charge on any atom is 0.0568 e. The van der Waals surface area contributed by atoms with E-state index >= 15 is 0 Å². The predicted octanol–water partition coefficient (Wildman–Crippen LogP) is 3.49. The zero-order chi connectivity index (χ0) is 15.6. The lowest BCUT2D eigenvalue weighted by atomic mass is 9.65. The first kappa shape index (κ1) is 14.1. The fraction of sp³-hybridized carbons (Fsp3) is 0.600. The molecule has 1 aromatic heterocycles. The molecule has 23 heavy (non-hydrogen) atoms. The largest absolute Gasteiger partial charge is 0.393 e. The van der Waals surface area contributed by atoms with Crippen LogP contribution in [0.2, 0.25) is 0 Å². The molecule has 5 atom stereocenters. The first-order chi connectivity index (χ1) is 11.2. The Morgan fingerprint density at radius 2 is 2.09 bits per heavy atom. The van der Waals surface area contributed by atoms with Crippen LogP contribution in [0.3, 0.4) is 0 Å². The molecule has 3 heteroatoms. The quantitative estimate of drug-likeness (QED) is 0.782. The Morgan fingerprint density at radius 1 is 1.22 bits per heavy atom. The van der Waals surface area contributed by atoms with Crippen LogP contribution in [0.4, 0.5) is 0 Å². The molecule has 0 bridgehead atoms. The fourth-order valence-electron chi connectivity index (χ4n) is 5.62. The minimum Gasteiger partial charge on any atom is -0.393 e. The van der Waals surface area contributed by atoms with Crippen LogP contribution in [0.25, 0.3) is 10.9 Å². The second kappa shape index (κ2) is 5.09. The van der Waals surface area contributed by atoms with E-state index in [-0.39, 0.29) is 6.10 Å². The van der Waals surface area contributed by atoms with Crippen LogP contribution in [0, 0.1) is 17.8 Å². The number of aromatic nitrogens is 1. The van der Waals surface area contributed by atoms with E-state index in [1.54, 1.807) is 5.56 Å². The van der Waals surface area contributed by atoms with E-state index < -0.39 is 0 Å². The van der Waals surface area contributed by atoms with E-state index in [4.69, 9.17) is 0 Å². The van der Waals surface area contributed by atoms with Crippen molar-refractivity contribution in [3.63, 3.8) is 0 Å². The molecule has 1 saturated heterocycles. The lowest BCUT2D eigenvalue weighted by molar-refractivity contribution is -0.0492. The lowest BCUT2D eigenvalue weighted by Crippen LogP contribution is -2.50. The van der Waals surface area contributed by atoms with Crippen LogP contribution >= 0.6 is 0 Å². The third-order valence-corrected chi connectivity index (χ3v) is 6.96. The molecule has 2 fully saturated rings.